The van der Waals surface area contributed by atoms with Gasteiger partial charge >= 0.3 is 11.6 Å². The van der Waals surface area contributed by atoms with Crippen LogP contribution < -0.4 is 10.4 Å². The van der Waals surface area contributed by atoms with E-state index in [0.29, 0.717) is 16.8 Å². The van der Waals surface area contributed by atoms with Gasteiger partial charge in [0.1, 0.15) is 16.9 Å². The number of carbonyl (C=O) groups is 1. The molecule has 0 spiro atoms. The van der Waals surface area contributed by atoms with Gasteiger partial charge in [0.05, 0.1) is 6.20 Å². The second kappa shape index (κ2) is 5.99. The summed E-state index contributed by atoms with van der Waals surface area (Å²) >= 11 is 5.78. The highest BCUT2D eigenvalue weighted by Crippen LogP contribution is 2.18. The molecule has 0 atom stereocenters. The number of aromatic nitrogens is 1. The third kappa shape index (κ3) is 2.84. The van der Waals surface area contributed by atoms with Crippen molar-refractivity contribution in [2.75, 3.05) is 0 Å². The van der Waals surface area contributed by atoms with Crippen molar-refractivity contribution >= 4 is 28.5 Å². The van der Waals surface area contributed by atoms with Gasteiger partial charge in [0.2, 0.25) is 0 Å². The number of nitrogens with zero attached hydrogens (tertiary/aromatic N) is 1. The minimum atomic E-state index is -0.792. The van der Waals surface area contributed by atoms with E-state index in [-0.39, 0.29) is 11.3 Å². The first-order valence-electron chi connectivity index (χ1n) is 6.42. The number of pyridine rings is 1. The molecule has 0 N–H and O–H groups in total. The van der Waals surface area contributed by atoms with Gasteiger partial charge in [-0.2, -0.15) is 0 Å². The van der Waals surface area contributed by atoms with Gasteiger partial charge in [-0.15, -0.1) is 11.6 Å². The highest BCUT2D eigenvalue weighted by molar-refractivity contribution is 6.17. The van der Waals surface area contributed by atoms with E-state index < -0.39 is 11.6 Å². The zero-order valence-corrected chi connectivity index (χ0v) is 12.0. The van der Waals surface area contributed by atoms with Gasteiger partial charge in [-0.1, -0.05) is 6.07 Å². The number of fused-ring (bicyclic) bond motifs is 1. The van der Waals surface area contributed by atoms with Gasteiger partial charge in [0.25, 0.3) is 0 Å². The van der Waals surface area contributed by atoms with E-state index in [1.54, 1.807) is 36.5 Å². The molecule has 22 heavy (non-hydrogen) atoms. The second-order valence-corrected chi connectivity index (χ2v) is 4.80. The molecule has 3 aromatic rings. The SMILES string of the molecule is O=C(Oc1cccnc1)c1cc2cc(CCl)ccc2oc1=O. The number of ether oxygens (including phenoxy) is 1. The predicted molar refractivity (Wildman–Crippen MR) is 81.2 cm³/mol. The molecule has 1 aromatic carbocycles. The Balaban J connectivity index is 2.00. The predicted octanol–water partition coefficient (Wildman–Crippen LogP) is 3.15. The van der Waals surface area contributed by atoms with Crippen LogP contribution in [0.25, 0.3) is 11.0 Å². The van der Waals surface area contributed by atoms with E-state index >= 15 is 0 Å². The molecule has 0 amide bonds. The van der Waals surface area contributed by atoms with Gasteiger partial charge in [-0.05, 0) is 35.9 Å². The van der Waals surface area contributed by atoms with E-state index in [9.17, 15) is 9.59 Å². The first kappa shape index (κ1) is 14.3. The first-order valence-corrected chi connectivity index (χ1v) is 6.96. The largest absolute Gasteiger partial charge is 0.422 e. The Morgan fingerprint density at radius 2 is 2.14 bits per heavy atom. The smallest absolute Gasteiger partial charge is 0.351 e. The highest BCUT2D eigenvalue weighted by Gasteiger charge is 2.16. The fourth-order valence-corrected chi connectivity index (χ4v) is 2.13. The van der Waals surface area contributed by atoms with E-state index in [0.717, 1.165) is 5.56 Å². The molecule has 0 aliphatic rings. The summed E-state index contributed by atoms with van der Waals surface area (Å²) in [5, 5.41) is 0.607. The van der Waals surface area contributed by atoms with Crippen LogP contribution in [0.15, 0.2) is 58.0 Å². The fourth-order valence-electron chi connectivity index (χ4n) is 1.97. The normalized spacial score (nSPS) is 10.6. The van der Waals surface area contributed by atoms with Gasteiger partial charge in [0, 0.05) is 17.5 Å². The molecule has 0 bridgehead atoms. The third-order valence-corrected chi connectivity index (χ3v) is 3.32. The highest BCUT2D eigenvalue weighted by atomic mass is 35.5. The van der Waals surface area contributed by atoms with Crippen LogP contribution in [-0.4, -0.2) is 11.0 Å². The Hall–Kier alpha value is -2.66. The molecule has 5 nitrogen and oxygen atoms in total. The van der Waals surface area contributed by atoms with Gasteiger partial charge in [0.15, 0.2) is 0 Å². The first-order chi connectivity index (χ1) is 10.7. The molecule has 6 heteroatoms. The number of benzene rings is 1. The molecule has 0 fully saturated rings. The summed E-state index contributed by atoms with van der Waals surface area (Å²) in [5.74, 6) is -0.216. The van der Waals surface area contributed by atoms with Crippen LogP contribution in [0, 0.1) is 0 Å². The Bertz CT molecular complexity index is 890. The molecule has 0 aliphatic carbocycles. The van der Waals surface area contributed by atoms with Gasteiger partial charge < -0.3 is 9.15 Å². The van der Waals surface area contributed by atoms with E-state index in [2.05, 4.69) is 4.98 Å². The number of hydrogen-bond acceptors (Lipinski definition) is 5. The molecule has 0 aliphatic heterocycles. The van der Waals surface area contributed by atoms with Crippen LogP contribution in [0.3, 0.4) is 0 Å². The van der Waals surface area contributed by atoms with Crippen molar-refractivity contribution in [1.82, 2.24) is 4.98 Å². The van der Waals surface area contributed by atoms with Crippen molar-refractivity contribution in [3.8, 4) is 5.75 Å². The van der Waals surface area contributed by atoms with E-state index in [4.69, 9.17) is 20.8 Å². The van der Waals surface area contributed by atoms with E-state index in [1.165, 1.54) is 12.3 Å². The number of carbonyl (C=O) groups excluding carboxylic acids is 1. The van der Waals surface area contributed by atoms with Crippen molar-refractivity contribution in [2.45, 2.75) is 5.88 Å². The standard InChI is InChI=1S/C16H10ClNO4/c17-8-10-3-4-14-11(6-10)7-13(16(20)22-14)15(19)21-12-2-1-5-18-9-12/h1-7,9H,8H2. The Morgan fingerprint density at radius 3 is 2.86 bits per heavy atom. The summed E-state index contributed by atoms with van der Waals surface area (Å²) in [6.07, 6.45) is 2.93. The van der Waals surface area contributed by atoms with Crippen molar-refractivity contribution in [3.63, 3.8) is 0 Å². The van der Waals surface area contributed by atoms with Crippen molar-refractivity contribution < 1.29 is 13.9 Å². The van der Waals surface area contributed by atoms with Crippen molar-refractivity contribution in [3.05, 3.63) is 70.3 Å². The zero-order chi connectivity index (χ0) is 15.5. The average molecular weight is 316 g/mol. The van der Waals surface area contributed by atoms with Crippen molar-refractivity contribution in [1.29, 1.82) is 0 Å². The maximum atomic E-state index is 12.1. The molecule has 3 rings (SSSR count). The summed E-state index contributed by atoms with van der Waals surface area (Å²) in [6.45, 7) is 0. The third-order valence-electron chi connectivity index (χ3n) is 3.02. The summed E-state index contributed by atoms with van der Waals surface area (Å²) in [5.41, 5.74) is 0.314. The fraction of sp³-hybridized carbons (Fsp3) is 0.0625. The number of alkyl halides is 1. The van der Waals surface area contributed by atoms with Gasteiger partial charge in [-0.25, -0.2) is 9.59 Å². The maximum absolute atomic E-state index is 12.1. The topological polar surface area (TPSA) is 69.4 Å². The zero-order valence-electron chi connectivity index (χ0n) is 11.3. The summed E-state index contributed by atoms with van der Waals surface area (Å²) in [6, 6.07) is 9.79. The monoisotopic (exact) mass is 315 g/mol. The minimum absolute atomic E-state index is 0.178. The lowest BCUT2D eigenvalue weighted by molar-refractivity contribution is 0.0730. The van der Waals surface area contributed by atoms with E-state index in [1.807, 2.05) is 0 Å². The van der Waals surface area contributed by atoms with Crippen molar-refractivity contribution in [2.24, 2.45) is 0 Å². The number of esters is 1. The lowest BCUT2D eigenvalue weighted by atomic mass is 10.1. The van der Waals surface area contributed by atoms with Crippen LogP contribution in [0.4, 0.5) is 0 Å². The summed E-state index contributed by atoms with van der Waals surface area (Å²) in [7, 11) is 0. The minimum Gasteiger partial charge on any atom is -0.422 e. The molecule has 2 aromatic heterocycles. The average Bonchev–Trinajstić information content (AvgIpc) is 2.54. The Labute approximate surface area is 130 Å². The molecule has 0 radical (unpaired) electrons. The van der Waals surface area contributed by atoms with Crippen LogP contribution in [-0.2, 0) is 5.88 Å². The Morgan fingerprint density at radius 1 is 1.27 bits per heavy atom. The molecule has 0 saturated heterocycles. The second-order valence-electron chi connectivity index (χ2n) is 4.53. The summed E-state index contributed by atoms with van der Waals surface area (Å²) < 4.78 is 10.2. The molecule has 0 unspecified atom stereocenters. The molecule has 2 heterocycles. The van der Waals surface area contributed by atoms with Crippen LogP contribution in [0.5, 0.6) is 5.75 Å². The number of hydrogen-bond donors (Lipinski definition) is 0. The number of halogens is 1. The molecule has 110 valence electrons. The molecular formula is C16H10ClNO4. The van der Waals surface area contributed by atoms with Gasteiger partial charge in [-0.3, -0.25) is 4.98 Å². The quantitative estimate of drug-likeness (QED) is 0.422. The lowest BCUT2D eigenvalue weighted by Crippen LogP contribution is -2.18. The number of rotatable bonds is 3. The van der Waals surface area contributed by atoms with Crippen LogP contribution in [0.2, 0.25) is 0 Å². The van der Waals surface area contributed by atoms with Crippen LogP contribution >= 0.6 is 11.6 Å². The molecular weight excluding hydrogens is 306 g/mol. The maximum Gasteiger partial charge on any atom is 0.351 e. The Kier molecular flexibility index (Phi) is 3.89. The summed E-state index contributed by atoms with van der Waals surface area (Å²) in [4.78, 5) is 27.8. The molecule has 0 saturated carbocycles. The lowest BCUT2D eigenvalue weighted by Gasteiger charge is -2.04. The van der Waals surface area contributed by atoms with Crippen LogP contribution in [0.1, 0.15) is 15.9 Å².